The van der Waals surface area contributed by atoms with Crippen LogP contribution < -0.4 is 5.32 Å². The predicted molar refractivity (Wildman–Crippen MR) is 119 cm³/mol. The fraction of sp³-hybridized carbons (Fsp3) is 0.308. The highest BCUT2D eigenvalue weighted by Gasteiger charge is 2.39. The number of carbonyl (C=O) groups excluding carboxylic acids is 1. The molecule has 1 aromatic heterocycles. The summed E-state index contributed by atoms with van der Waals surface area (Å²) in [5.41, 5.74) is 4.22. The molecule has 3 aromatic rings. The van der Waals surface area contributed by atoms with Crippen LogP contribution in [0.5, 0.6) is 0 Å². The topological polar surface area (TPSA) is 51.2 Å². The van der Waals surface area contributed by atoms with Crippen molar-refractivity contribution in [2.45, 2.75) is 25.7 Å². The van der Waals surface area contributed by atoms with Crippen LogP contribution in [-0.4, -0.2) is 30.6 Å². The van der Waals surface area contributed by atoms with Crippen LogP contribution in [0.3, 0.4) is 0 Å². The quantitative estimate of drug-likeness (QED) is 0.638. The lowest BCUT2D eigenvalue weighted by molar-refractivity contribution is -0.136. The molecule has 1 aliphatic rings. The molecule has 4 heteroatoms. The predicted octanol–water partition coefficient (Wildman–Crippen LogP) is 4.45. The van der Waals surface area contributed by atoms with Gasteiger partial charge in [-0.15, -0.1) is 0 Å². The van der Waals surface area contributed by atoms with E-state index < -0.39 is 5.41 Å². The van der Waals surface area contributed by atoms with Crippen LogP contribution in [0.1, 0.15) is 24.0 Å². The number of nitrogens with one attached hydrogen (secondary N) is 1. The number of hydrogen-bond donors (Lipinski definition) is 1. The van der Waals surface area contributed by atoms with Crippen LogP contribution >= 0.6 is 0 Å². The van der Waals surface area contributed by atoms with Gasteiger partial charge in [0.2, 0.25) is 5.91 Å². The van der Waals surface area contributed by atoms with Crippen LogP contribution in [0.15, 0.2) is 79.1 Å². The van der Waals surface area contributed by atoms with Gasteiger partial charge in [0, 0.05) is 32.2 Å². The average molecular weight is 401 g/mol. The van der Waals surface area contributed by atoms with Gasteiger partial charge in [-0.2, -0.15) is 0 Å². The largest absolute Gasteiger partial charge is 0.381 e. The van der Waals surface area contributed by atoms with Gasteiger partial charge in [-0.3, -0.25) is 9.78 Å². The third-order valence-electron chi connectivity index (χ3n) is 5.94. The third-order valence-corrected chi connectivity index (χ3v) is 5.94. The van der Waals surface area contributed by atoms with E-state index in [4.69, 9.17) is 4.74 Å². The van der Waals surface area contributed by atoms with Gasteiger partial charge in [0.15, 0.2) is 0 Å². The first-order valence-electron chi connectivity index (χ1n) is 10.6. The Morgan fingerprint density at radius 2 is 1.70 bits per heavy atom. The van der Waals surface area contributed by atoms with Crippen LogP contribution in [0.25, 0.3) is 11.1 Å². The lowest BCUT2D eigenvalue weighted by Crippen LogP contribution is -2.46. The van der Waals surface area contributed by atoms with E-state index in [9.17, 15) is 4.79 Å². The summed E-state index contributed by atoms with van der Waals surface area (Å²) in [4.78, 5) is 17.5. The molecule has 1 saturated heterocycles. The summed E-state index contributed by atoms with van der Waals surface area (Å²) in [6.07, 6.45) is 6.73. The molecule has 0 spiro atoms. The number of hydrogen-bond acceptors (Lipinski definition) is 3. The molecular formula is C26H28N2O2. The minimum absolute atomic E-state index is 0.147. The number of ether oxygens (including phenoxy) is 1. The zero-order valence-electron chi connectivity index (χ0n) is 17.2. The highest BCUT2D eigenvalue weighted by atomic mass is 16.5. The minimum atomic E-state index is -0.414. The highest BCUT2D eigenvalue weighted by molar-refractivity contribution is 5.83. The molecule has 0 atom stereocenters. The molecule has 4 rings (SSSR count). The molecule has 2 heterocycles. The molecule has 0 aliphatic carbocycles. The lowest BCUT2D eigenvalue weighted by Gasteiger charge is -2.36. The molecule has 1 aliphatic heterocycles. The Hall–Kier alpha value is -2.98. The summed E-state index contributed by atoms with van der Waals surface area (Å²) in [5.74, 6) is 0.147. The third kappa shape index (κ3) is 4.95. The van der Waals surface area contributed by atoms with Crippen molar-refractivity contribution in [3.05, 3.63) is 90.3 Å². The van der Waals surface area contributed by atoms with E-state index in [-0.39, 0.29) is 5.91 Å². The second-order valence-electron chi connectivity index (χ2n) is 8.00. The molecular weight excluding hydrogens is 372 g/mol. The fourth-order valence-corrected chi connectivity index (χ4v) is 4.18. The molecule has 1 amide bonds. The molecule has 0 saturated carbocycles. The Labute approximate surface area is 178 Å². The van der Waals surface area contributed by atoms with Crippen molar-refractivity contribution in [1.29, 1.82) is 0 Å². The number of rotatable bonds is 7. The summed E-state index contributed by atoms with van der Waals surface area (Å²) in [6, 6.07) is 22.8. The fourth-order valence-electron chi connectivity index (χ4n) is 4.18. The summed E-state index contributed by atoms with van der Waals surface area (Å²) in [7, 11) is 0. The van der Waals surface area contributed by atoms with Gasteiger partial charge in [-0.25, -0.2) is 0 Å². The van der Waals surface area contributed by atoms with Crippen molar-refractivity contribution in [2.24, 2.45) is 5.41 Å². The molecule has 2 aromatic carbocycles. The first-order chi connectivity index (χ1) is 14.8. The Kier molecular flexibility index (Phi) is 6.55. The number of amides is 1. The van der Waals surface area contributed by atoms with E-state index >= 15 is 0 Å². The summed E-state index contributed by atoms with van der Waals surface area (Å²) in [5, 5.41) is 3.20. The number of benzene rings is 2. The summed E-state index contributed by atoms with van der Waals surface area (Å²) in [6.45, 7) is 1.92. The van der Waals surface area contributed by atoms with E-state index in [0.29, 0.717) is 19.8 Å². The van der Waals surface area contributed by atoms with Crippen LogP contribution in [0.2, 0.25) is 0 Å². The SMILES string of the molecule is O=C(NCCc1ccccc1)C1(Cc2cccc(-c3cccnc3)c2)CCOCC1. The van der Waals surface area contributed by atoms with Gasteiger partial charge < -0.3 is 10.1 Å². The van der Waals surface area contributed by atoms with E-state index in [1.165, 1.54) is 11.1 Å². The zero-order chi connectivity index (χ0) is 20.7. The van der Waals surface area contributed by atoms with Crippen molar-refractivity contribution < 1.29 is 9.53 Å². The Balaban J connectivity index is 1.47. The van der Waals surface area contributed by atoms with Crippen molar-refractivity contribution in [3.8, 4) is 11.1 Å². The Morgan fingerprint density at radius 3 is 2.47 bits per heavy atom. The van der Waals surface area contributed by atoms with Crippen LogP contribution in [0.4, 0.5) is 0 Å². The molecule has 30 heavy (non-hydrogen) atoms. The average Bonchev–Trinajstić information content (AvgIpc) is 2.81. The zero-order valence-corrected chi connectivity index (χ0v) is 17.2. The van der Waals surface area contributed by atoms with Crippen molar-refractivity contribution in [3.63, 3.8) is 0 Å². The van der Waals surface area contributed by atoms with E-state index in [1.807, 2.05) is 30.5 Å². The smallest absolute Gasteiger partial charge is 0.226 e. The highest BCUT2D eigenvalue weighted by Crippen LogP contribution is 2.35. The first kappa shape index (κ1) is 20.3. The normalized spacial score (nSPS) is 15.5. The van der Waals surface area contributed by atoms with Crippen LogP contribution in [-0.2, 0) is 22.4 Å². The molecule has 0 unspecified atom stereocenters. The molecule has 1 N–H and O–H groups in total. The summed E-state index contributed by atoms with van der Waals surface area (Å²) >= 11 is 0. The molecule has 154 valence electrons. The number of pyridine rings is 1. The second kappa shape index (κ2) is 9.68. The number of aromatic nitrogens is 1. The van der Waals surface area contributed by atoms with E-state index in [0.717, 1.165) is 36.8 Å². The molecule has 0 radical (unpaired) electrons. The number of carbonyl (C=O) groups is 1. The first-order valence-corrected chi connectivity index (χ1v) is 10.6. The van der Waals surface area contributed by atoms with E-state index in [1.54, 1.807) is 6.20 Å². The standard InChI is InChI=1S/C26H28N2O2/c29-25(28-15-11-21-6-2-1-3-7-21)26(12-16-30-17-13-26)19-22-8-4-9-23(18-22)24-10-5-14-27-20-24/h1-10,14,18,20H,11-13,15-17,19H2,(H,28,29). The van der Waals surface area contributed by atoms with Gasteiger partial charge in [0.1, 0.15) is 0 Å². The van der Waals surface area contributed by atoms with Gasteiger partial charge in [-0.05, 0) is 54.0 Å². The van der Waals surface area contributed by atoms with Crippen LogP contribution in [0, 0.1) is 5.41 Å². The minimum Gasteiger partial charge on any atom is -0.381 e. The second-order valence-corrected chi connectivity index (χ2v) is 8.00. The van der Waals surface area contributed by atoms with E-state index in [2.05, 4.69) is 52.8 Å². The number of nitrogens with zero attached hydrogens (tertiary/aromatic N) is 1. The van der Waals surface area contributed by atoms with Gasteiger partial charge in [0.25, 0.3) is 0 Å². The van der Waals surface area contributed by atoms with Gasteiger partial charge in [0.05, 0.1) is 5.41 Å². The van der Waals surface area contributed by atoms with Crippen molar-refractivity contribution in [2.75, 3.05) is 19.8 Å². The maximum absolute atomic E-state index is 13.3. The lowest BCUT2D eigenvalue weighted by atomic mass is 9.74. The maximum Gasteiger partial charge on any atom is 0.226 e. The monoisotopic (exact) mass is 400 g/mol. The van der Waals surface area contributed by atoms with Gasteiger partial charge >= 0.3 is 0 Å². The maximum atomic E-state index is 13.3. The molecule has 1 fully saturated rings. The molecule has 0 bridgehead atoms. The molecule has 4 nitrogen and oxygen atoms in total. The van der Waals surface area contributed by atoms with Crippen molar-refractivity contribution >= 4 is 5.91 Å². The Morgan fingerprint density at radius 1 is 0.933 bits per heavy atom. The van der Waals surface area contributed by atoms with Gasteiger partial charge in [-0.1, -0.05) is 60.7 Å². The summed E-state index contributed by atoms with van der Waals surface area (Å²) < 4.78 is 5.59. The Bertz CT molecular complexity index is 951. The van der Waals surface area contributed by atoms with Crippen molar-refractivity contribution in [1.82, 2.24) is 10.3 Å².